The third-order valence-corrected chi connectivity index (χ3v) is 6.30. The Kier molecular flexibility index (Phi) is 5.46. The molecule has 1 aliphatic heterocycles. The van der Waals surface area contributed by atoms with Gasteiger partial charge in [-0.3, -0.25) is 14.5 Å². The number of hydrogen-bond donors (Lipinski definition) is 1. The van der Waals surface area contributed by atoms with Gasteiger partial charge in [0.15, 0.2) is 5.17 Å². The Morgan fingerprint density at radius 1 is 1.10 bits per heavy atom. The predicted molar refractivity (Wildman–Crippen MR) is 119 cm³/mol. The van der Waals surface area contributed by atoms with E-state index < -0.39 is 5.25 Å². The third kappa shape index (κ3) is 4.53. The zero-order valence-corrected chi connectivity index (χ0v) is 17.8. The Labute approximate surface area is 175 Å². The quantitative estimate of drug-likeness (QED) is 0.779. The number of nitrogens with one attached hydrogen (secondary N) is 1. The molecule has 2 aliphatic rings. The summed E-state index contributed by atoms with van der Waals surface area (Å²) in [7, 11) is 0. The summed E-state index contributed by atoms with van der Waals surface area (Å²) in [4.78, 5) is 32.1. The Balaban J connectivity index is 1.50. The van der Waals surface area contributed by atoms with Gasteiger partial charge in [-0.1, -0.05) is 47.2 Å². The second-order valence-corrected chi connectivity index (χ2v) is 9.02. The van der Waals surface area contributed by atoms with Crippen molar-refractivity contribution in [3.8, 4) is 0 Å². The van der Waals surface area contributed by atoms with Crippen molar-refractivity contribution in [3.63, 3.8) is 0 Å². The van der Waals surface area contributed by atoms with Crippen molar-refractivity contribution in [2.75, 3.05) is 5.32 Å². The molecule has 0 radical (unpaired) electrons. The number of anilines is 1. The molecule has 2 aromatic carbocycles. The first-order valence-corrected chi connectivity index (χ1v) is 10.8. The van der Waals surface area contributed by atoms with Crippen LogP contribution in [0.4, 0.5) is 11.4 Å². The first kappa shape index (κ1) is 19.7. The third-order valence-electron chi connectivity index (χ3n) is 5.15. The van der Waals surface area contributed by atoms with Gasteiger partial charge in [0.1, 0.15) is 5.25 Å². The van der Waals surface area contributed by atoms with E-state index >= 15 is 0 Å². The van der Waals surface area contributed by atoms with Crippen LogP contribution in [0.25, 0.3) is 0 Å². The molecule has 4 rings (SSSR count). The minimum Gasteiger partial charge on any atom is -0.326 e. The molecular formula is C23H25N3O2S. The summed E-state index contributed by atoms with van der Waals surface area (Å²) in [5.41, 5.74) is 5.03. The van der Waals surface area contributed by atoms with Crippen molar-refractivity contribution in [1.82, 2.24) is 4.90 Å². The van der Waals surface area contributed by atoms with Gasteiger partial charge in [-0.05, 0) is 57.4 Å². The molecule has 1 saturated carbocycles. The number of carbonyl (C=O) groups excluding carboxylic acids is 2. The van der Waals surface area contributed by atoms with Gasteiger partial charge in [0.05, 0.1) is 5.69 Å². The largest absolute Gasteiger partial charge is 0.326 e. The highest BCUT2D eigenvalue weighted by Crippen LogP contribution is 2.39. The van der Waals surface area contributed by atoms with E-state index in [1.807, 2.05) is 55.1 Å². The molecule has 0 aromatic heterocycles. The number of thioether (sulfide) groups is 1. The Morgan fingerprint density at radius 3 is 2.45 bits per heavy atom. The number of aliphatic imine (C=N–C) groups is 1. The average Bonchev–Trinajstić information content (AvgIpc) is 3.45. The summed E-state index contributed by atoms with van der Waals surface area (Å²) in [5.74, 6) is -0.150. The minimum absolute atomic E-state index is 0.0000656. The number of amides is 2. The second kappa shape index (κ2) is 8.03. The summed E-state index contributed by atoms with van der Waals surface area (Å²) in [6, 6.07) is 14.0. The summed E-state index contributed by atoms with van der Waals surface area (Å²) >= 11 is 1.41. The monoisotopic (exact) mass is 407 g/mol. The smallest absolute Gasteiger partial charge is 0.242 e. The summed E-state index contributed by atoms with van der Waals surface area (Å²) in [6.07, 6.45) is 2.15. The zero-order valence-electron chi connectivity index (χ0n) is 16.9. The van der Waals surface area contributed by atoms with Gasteiger partial charge in [-0.15, -0.1) is 0 Å². The molecule has 0 bridgehead atoms. The molecule has 150 valence electrons. The lowest BCUT2D eigenvalue weighted by Crippen LogP contribution is -2.35. The van der Waals surface area contributed by atoms with Gasteiger partial charge in [-0.2, -0.15) is 0 Å². The maximum Gasteiger partial charge on any atom is 0.242 e. The standard InChI is InChI=1S/C23H25N3O2S/c1-14-4-7-17(8-5-14)24-21(27)13-20-22(28)26(18-9-10-18)23(29-20)25-19-11-6-15(2)12-16(19)3/h4-8,11-12,18,20H,9-10,13H2,1-3H3,(H,24,27)/t20-/m1/s1. The summed E-state index contributed by atoms with van der Waals surface area (Å²) in [5, 5.41) is 3.19. The number of benzene rings is 2. The van der Waals surface area contributed by atoms with Crippen molar-refractivity contribution >= 4 is 40.1 Å². The van der Waals surface area contributed by atoms with Crippen LogP contribution in [-0.4, -0.2) is 33.2 Å². The molecule has 1 heterocycles. The number of hydrogen-bond acceptors (Lipinski definition) is 4. The lowest BCUT2D eigenvalue weighted by Gasteiger charge is -2.15. The topological polar surface area (TPSA) is 61.8 Å². The summed E-state index contributed by atoms with van der Waals surface area (Å²) < 4.78 is 0. The highest BCUT2D eigenvalue weighted by atomic mass is 32.2. The number of rotatable bonds is 5. The van der Waals surface area contributed by atoms with E-state index in [4.69, 9.17) is 4.99 Å². The van der Waals surface area contributed by atoms with Gasteiger partial charge in [0, 0.05) is 18.2 Å². The molecule has 0 unspecified atom stereocenters. The van der Waals surface area contributed by atoms with E-state index in [2.05, 4.69) is 18.3 Å². The van der Waals surface area contributed by atoms with Crippen LogP contribution in [0.3, 0.4) is 0 Å². The van der Waals surface area contributed by atoms with E-state index in [0.29, 0.717) is 0 Å². The van der Waals surface area contributed by atoms with Gasteiger partial charge >= 0.3 is 0 Å². The lowest BCUT2D eigenvalue weighted by atomic mass is 10.1. The molecule has 0 spiro atoms. The van der Waals surface area contributed by atoms with Crippen molar-refractivity contribution in [3.05, 3.63) is 59.2 Å². The van der Waals surface area contributed by atoms with Crippen LogP contribution >= 0.6 is 11.8 Å². The highest BCUT2D eigenvalue weighted by molar-refractivity contribution is 8.15. The Bertz CT molecular complexity index is 980. The van der Waals surface area contributed by atoms with Gasteiger partial charge in [0.2, 0.25) is 11.8 Å². The molecule has 1 aliphatic carbocycles. The van der Waals surface area contributed by atoms with E-state index in [-0.39, 0.29) is 24.3 Å². The van der Waals surface area contributed by atoms with Crippen molar-refractivity contribution in [2.24, 2.45) is 4.99 Å². The number of nitrogens with zero attached hydrogens (tertiary/aromatic N) is 2. The maximum atomic E-state index is 13.0. The molecule has 1 N–H and O–H groups in total. The minimum atomic E-state index is -0.425. The molecule has 2 amide bonds. The molecule has 1 atom stereocenters. The van der Waals surface area contributed by atoms with E-state index in [9.17, 15) is 9.59 Å². The van der Waals surface area contributed by atoms with E-state index in [1.54, 1.807) is 0 Å². The normalized spacial score (nSPS) is 20.4. The van der Waals surface area contributed by atoms with Crippen molar-refractivity contribution in [1.29, 1.82) is 0 Å². The second-order valence-electron chi connectivity index (χ2n) is 7.85. The highest BCUT2D eigenvalue weighted by Gasteiger charge is 2.46. The predicted octanol–water partition coefficient (Wildman–Crippen LogP) is 4.73. The SMILES string of the molecule is Cc1ccc(NC(=O)C[C@H]2SC(=Nc3ccc(C)cc3C)N(C3CC3)C2=O)cc1. The van der Waals surface area contributed by atoms with Crippen LogP contribution in [-0.2, 0) is 9.59 Å². The van der Waals surface area contributed by atoms with Crippen LogP contribution in [0, 0.1) is 20.8 Å². The van der Waals surface area contributed by atoms with E-state index in [1.165, 1.54) is 17.3 Å². The Hall–Kier alpha value is -2.60. The van der Waals surface area contributed by atoms with Gasteiger partial charge in [-0.25, -0.2) is 4.99 Å². The van der Waals surface area contributed by atoms with E-state index in [0.717, 1.165) is 40.5 Å². The van der Waals surface area contributed by atoms with Crippen molar-refractivity contribution < 1.29 is 9.59 Å². The van der Waals surface area contributed by atoms with Gasteiger partial charge in [0.25, 0.3) is 0 Å². The summed E-state index contributed by atoms with van der Waals surface area (Å²) in [6.45, 7) is 6.08. The average molecular weight is 408 g/mol. The zero-order chi connectivity index (χ0) is 20.5. The first-order chi connectivity index (χ1) is 13.9. The van der Waals surface area contributed by atoms with Crippen LogP contribution in [0.5, 0.6) is 0 Å². The maximum absolute atomic E-state index is 13.0. The molecule has 29 heavy (non-hydrogen) atoms. The lowest BCUT2D eigenvalue weighted by molar-refractivity contribution is -0.128. The Morgan fingerprint density at radius 2 is 1.79 bits per heavy atom. The van der Waals surface area contributed by atoms with Crippen LogP contribution in [0.2, 0.25) is 0 Å². The molecule has 6 heteroatoms. The van der Waals surface area contributed by atoms with Crippen LogP contribution in [0.1, 0.15) is 36.0 Å². The molecular weight excluding hydrogens is 382 g/mol. The fraction of sp³-hybridized carbons (Fsp3) is 0.348. The van der Waals surface area contributed by atoms with Gasteiger partial charge < -0.3 is 5.32 Å². The van der Waals surface area contributed by atoms with Crippen LogP contribution in [0.15, 0.2) is 47.5 Å². The molecule has 5 nitrogen and oxygen atoms in total. The van der Waals surface area contributed by atoms with Crippen LogP contribution < -0.4 is 5.32 Å². The number of carbonyl (C=O) groups is 2. The number of aryl methyl sites for hydroxylation is 3. The molecule has 2 aromatic rings. The number of amidine groups is 1. The fourth-order valence-corrected chi connectivity index (χ4v) is 4.62. The molecule has 1 saturated heterocycles. The first-order valence-electron chi connectivity index (χ1n) is 9.93. The molecule has 2 fully saturated rings. The fourth-order valence-electron chi connectivity index (χ4n) is 3.41. The van der Waals surface area contributed by atoms with Crippen molar-refractivity contribution in [2.45, 2.75) is 51.3 Å².